The summed E-state index contributed by atoms with van der Waals surface area (Å²) in [4.78, 5) is 13.0. The molecule has 2 aromatic heterocycles. The number of hydrogen-bond acceptors (Lipinski definition) is 8. The van der Waals surface area contributed by atoms with Gasteiger partial charge < -0.3 is 9.84 Å². The second-order valence-electron chi connectivity index (χ2n) is 8.53. The maximum absolute atomic E-state index is 13.1. The van der Waals surface area contributed by atoms with E-state index in [0.29, 0.717) is 41.1 Å². The Hall–Kier alpha value is -2.63. The lowest BCUT2D eigenvalue weighted by atomic mass is 9.99. The van der Waals surface area contributed by atoms with Gasteiger partial charge in [-0.2, -0.15) is 4.31 Å². The lowest BCUT2D eigenvalue weighted by Gasteiger charge is -2.30. The molecule has 1 N–H and O–H groups in total. The van der Waals surface area contributed by atoms with Gasteiger partial charge in [0.2, 0.25) is 21.1 Å². The number of carbonyl (C=O) groups excluding carboxylic acids is 1. The third-order valence-corrected chi connectivity index (χ3v) is 8.80. The van der Waals surface area contributed by atoms with Gasteiger partial charge in [0.25, 0.3) is 0 Å². The normalized spacial score (nSPS) is 17.4. The van der Waals surface area contributed by atoms with Crippen molar-refractivity contribution >= 4 is 32.4 Å². The number of nitrogens with zero attached hydrogens (tertiary/aromatic N) is 4. The minimum atomic E-state index is -3.79. The summed E-state index contributed by atoms with van der Waals surface area (Å²) in [5, 5.41) is 16.0. The summed E-state index contributed by atoms with van der Waals surface area (Å²) in [6.45, 7) is 7.90. The number of amides is 1. The largest absolute Gasteiger partial charge is 0.360 e. The van der Waals surface area contributed by atoms with Crippen molar-refractivity contribution in [2.75, 3.05) is 18.4 Å². The predicted octanol–water partition coefficient (Wildman–Crippen LogP) is 3.97. The van der Waals surface area contributed by atoms with Crippen LogP contribution in [0, 0.1) is 19.8 Å². The van der Waals surface area contributed by atoms with E-state index in [1.807, 2.05) is 12.1 Å². The molecular formula is C22H27N5O4S2. The molecule has 0 radical (unpaired) electrons. The summed E-state index contributed by atoms with van der Waals surface area (Å²) in [7, 11) is -3.79. The van der Waals surface area contributed by atoms with E-state index in [9.17, 15) is 13.2 Å². The van der Waals surface area contributed by atoms with E-state index in [4.69, 9.17) is 4.52 Å². The zero-order valence-electron chi connectivity index (χ0n) is 19.0. The maximum Gasteiger partial charge on any atom is 0.248 e. The quantitative estimate of drug-likeness (QED) is 0.556. The molecule has 1 unspecified atom stereocenters. The third kappa shape index (κ3) is 4.85. The molecule has 1 atom stereocenters. The van der Waals surface area contributed by atoms with Crippen LogP contribution in [0.4, 0.5) is 5.13 Å². The monoisotopic (exact) mass is 489 g/mol. The summed E-state index contributed by atoms with van der Waals surface area (Å²) >= 11 is 1.29. The first-order chi connectivity index (χ1) is 15.7. The Morgan fingerprint density at radius 3 is 2.58 bits per heavy atom. The number of piperidine rings is 1. The number of carbonyl (C=O) groups is 1. The Balaban J connectivity index is 1.44. The number of hydrogen-bond donors (Lipinski definition) is 1. The standard InChI is InChI=1S/C22H27N5O4S2/c1-13(2)16-7-9-17(10-8-16)21-24-25-22(32-21)23-20(28)18-6-5-11-27(12-18)33(29,30)19-14(3)26-31-15(19)4/h7-10,13,18H,5-6,11-12H2,1-4H3,(H,23,25,28). The highest BCUT2D eigenvalue weighted by molar-refractivity contribution is 7.89. The van der Waals surface area contributed by atoms with E-state index in [1.54, 1.807) is 13.8 Å². The SMILES string of the molecule is Cc1noc(C)c1S(=O)(=O)N1CCCC(C(=O)Nc2nnc(-c3ccc(C(C)C)cc3)s2)C1. The number of rotatable bonds is 6. The highest BCUT2D eigenvalue weighted by Gasteiger charge is 2.36. The summed E-state index contributed by atoms with van der Waals surface area (Å²) in [5.41, 5.74) is 2.50. The first-order valence-corrected chi connectivity index (χ1v) is 13.1. The molecule has 0 bridgehead atoms. The summed E-state index contributed by atoms with van der Waals surface area (Å²) < 4.78 is 32.6. The zero-order valence-corrected chi connectivity index (χ0v) is 20.7. The number of anilines is 1. The molecule has 0 saturated carbocycles. The first-order valence-electron chi connectivity index (χ1n) is 10.8. The van der Waals surface area contributed by atoms with Gasteiger partial charge in [0.05, 0.1) is 5.92 Å². The summed E-state index contributed by atoms with van der Waals surface area (Å²) in [5.74, 6) is -0.0418. The molecule has 1 fully saturated rings. The molecule has 0 spiro atoms. The molecule has 1 amide bonds. The third-order valence-electron chi connectivity index (χ3n) is 5.80. The Morgan fingerprint density at radius 1 is 1.21 bits per heavy atom. The van der Waals surface area contributed by atoms with Crippen LogP contribution in [0.25, 0.3) is 10.6 Å². The van der Waals surface area contributed by atoms with Gasteiger partial charge in [-0.1, -0.05) is 54.6 Å². The average Bonchev–Trinajstić information content (AvgIpc) is 3.40. The fourth-order valence-electron chi connectivity index (χ4n) is 3.96. The zero-order chi connectivity index (χ0) is 23.8. The molecule has 0 aliphatic carbocycles. The number of nitrogens with one attached hydrogen (secondary N) is 1. The lowest BCUT2D eigenvalue weighted by Crippen LogP contribution is -2.43. The lowest BCUT2D eigenvalue weighted by molar-refractivity contribution is -0.120. The van der Waals surface area contributed by atoms with Crippen molar-refractivity contribution in [3.05, 3.63) is 41.3 Å². The van der Waals surface area contributed by atoms with E-state index in [1.165, 1.54) is 21.2 Å². The van der Waals surface area contributed by atoms with Crippen LogP contribution in [0.3, 0.4) is 0 Å². The molecule has 33 heavy (non-hydrogen) atoms. The molecule has 11 heteroatoms. The molecule has 1 saturated heterocycles. The van der Waals surface area contributed by atoms with E-state index >= 15 is 0 Å². The van der Waals surface area contributed by atoms with E-state index in [-0.39, 0.29) is 23.1 Å². The van der Waals surface area contributed by atoms with Crippen molar-refractivity contribution in [2.45, 2.75) is 51.3 Å². The van der Waals surface area contributed by atoms with Crippen molar-refractivity contribution in [1.82, 2.24) is 19.7 Å². The molecule has 3 heterocycles. The van der Waals surface area contributed by atoms with Crippen LogP contribution in [0.5, 0.6) is 0 Å². The predicted molar refractivity (Wildman–Crippen MR) is 126 cm³/mol. The van der Waals surface area contributed by atoms with Gasteiger partial charge in [-0.15, -0.1) is 10.2 Å². The van der Waals surface area contributed by atoms with Crippen LogP contribution in [0.2, 0.25) is 0 Å². The second-order valence-corrected chi connectivity index (χ2v) is 11.4. The Kier molecular flexibility index (Phi) is 6.64. The van der Waals surface area contributed by atoms with Gasteiger partial charge in [0.15, 0.2) is 5.76 Å². The molecule has 1 aliphatic heterocycles. The Labute approximate surface area is 197 Å². The van der Waals surface area contributed by atoms with Crippen LogP contribution < -0.4 is 5.32 Å². The van der Waals surface area contributed by atoms with Crippen molar-refractivity contribution in [1.29, 1.82) is 0 Å². The molecule has 3 aromatic rings. The number of aromatic nitrogens is 3. The van der Waals surface area contributed by atoms with Crippen LogP contribution in [0.1, 0.15) is 49.6 Å². The van der Waals surface area contributed by atoms with Gasteiger partial charge in [-0.25, -0.2) is 8.42 Å². The Morgan fingerprint density at radius 2 is 1.94 bits per heavy atom. The van der Waals surface area contributed by atoms with Crippen LogP contribution >= 0.6 is 11.3 Å². The molecule has 9 nitrogen and oxygen atoms in total. The number of benzene rings is 1. The van der Waals surface area contributed by atoms with Crippen molar-refractivity contribution in [2.24, 2.45) is 5.92 Å². The van der Waals surface area contributed by atoms with Gasteiger partial charge in [-0.3, -0.25) is 4.79 Å². The smallest absolute Gasteiger partial charge is 0.248 e. The van der Waals surface area contributed by atoms with Crippen molar-refractivity contribution in [3.8, 4) is 10.6 Å². The van der Waals surface area contributed by atoms with Crippen molar-refractivity contribution < 1.29 is 17.7 Å². The molecular weight excluding hydrogens is 462 g/mol. The molecule has 4 rings (SSSR count). The van der Waals surface area contributed by atoms with Gasteiger partial charge >= 0.3 is 0 Å². The minimum Gasteiger partial charge on any atom is -0.360 e. The van der Waals surface area contributed by atoms with E-state index in [2.05, 4.69) is 46.7 Å². The fraction of sp³-hybridized carbons (Fsp3) is 0.455. The number of aryl methyl sites for hydroxylation is 2. The minimum absolute atomic E-state index is 0.0841. The molecule has 1 aliphatic rings. The average molecular weight is 490 g/mol. The van der Waals surface area contributed by atoms with Gasteiger partial charge in [0.1, 0.15) is 15.6 Å². The van der Waals surface area contributed by atoms with Gasteiger partial charge in [0, 0.05) is 18.7 Å². The highest BCUT2D eigenvalue weighted by Crippen LogP contribution is 2.30. The topological polar surface area (TPSA) is 118 Å². The molecule has 176 valence electrons. The highest BCUT2D eigenvalue weighted by atomic mass is 32.2. The van der Waals surface area contributed by atoms with Crippen LogP contribution in [-0.2, 0) is 14.8 Å². The Bertz CT molecular complexity index is 1230. The molecule has 1 aromatic carbocycles. The fourth-order valence-corrected chi connectivity index (χ4v) is 6.52. The van der Waals surface area contributed by atoms with Gasteiger partial charge in [-0.05, 0) is 38.2 Å². The van der Waals surface area contributed by atoms with Crippen LogP contribution in [-0.4, -0.2) is 47.1 Å². The van der Waals surface area contributed by atoms with E-state index in [0.717, 1.165) is 5.56 Å². The van der Waals surface area contributed by atoms with Crippen LogP contribution in [0.15, 0.2) is 33.7 Å². The summed E-state index contributed by atoms with van der Waals surface area (Å²) in [6, 6.07) is 8.13. The summed E-state index contributed by atoms with van der Waals surface area (Å²) in [6.07, 6.45) is 1.19. The maximum atomic E-state index is 13.1. The first kappa shape index (κ1) is 23.5. The van der Waals surface area contributed by atoms with Crippen molar-refractivity contribution in [3.63, 3.8) is 0 Å². The van der Waals surface area contributed by atoms with E-state index < -0.39 is 15.9 Å². The number of sulfonamides is 1. The second kappa shape index (κ2) is 9.32.